The first-order valence-electron chi connectivity index (χ1n) is 5.20. The Hall–Kier alpha value is -0.870. The molecule has 15 heavy (non-hydrogen) atoms. The predicted octanol–water partition coefficient (Wildman–Crippen LogP) is 1.36. The molecule has 1 fully saturated rings. The van der Waals surface area contributed by atoms with Gasteiger partial charge in [-0.1, -0.05) is 0 Å². The van der Waals surface area contributed by atoms with E-state index in [2.05, 4.69) is 17.7 Å². The minimum absolute atomic E-state index is 0.246. The summed E-state index contributed by atoms with van der Waals surface area (Å²) >= 11 is 1.69. The van der Waals surface area contributed by atoms with Crippen LogP contribution in [0.15, 0.2) is 10.8 Å². The zero-order chi connectivity index (χ0) is 10.8. The second-order valence-corrected chi connectivity index (χ2v) is 4.90. The number of rotatable bonds is 3. The summed E-state index contributed by atoms with van der Waals surface area (Å²) < 4.78 is 0. The summed E-state index contributed by atoms with van der Waals surface area (Å²) in [6, 6.07) is 0. The first-order chi connectivity index (χ1) is 7.20. The molecular weight excluding hydrogens is 208 g/mol. The summed E-state index contributed by atoms with van der Waals surface area (Å²) in [6.07, 6.45) is 0.625. The number of aryl methyl sites for hydroxylation is 1. The molecule has 1 aliphatic rings. The van der Waals surface area contributed by atoms with Crippen LogP contribution in [-0.4, -0.2) is 23.9 Å². The van der Waals surface area contributed by atoms with Gasteiger partial charge in [-0.2, -0.15) is 11.3 Å². The largest absolute Gasteiger partial charge is 0.338 e. The smallest absolute Gasteiger partial charge is 0.223 e. The van der Waals surface area contributed by atoms with Crippen LogP contribution in [0.25, 0.3) is 0 Å². The number of nitrogens with zero attached hydrogens (tertiary/aromatic N) is 1. The van der Waals surface area contributed by atoms with Gasteiger partial charge in [-0.25, -0.2) is 0 Å². The normalized spacial score (nSPS) is 21.3. The summed E-state index contributed by atoms with van der Waals surface area (Å²) in [7, 11) is 0. The molecule has 4 heteroatoms. The summed E-state index contributed by atoms with van der Waals surface area (Å²) in [5.74, 6) is 0.604. The van der Waals surface area contributed by atoms with Crippen LogP contribution in [-0.2, 0) is 11.3 Å². The summed E-state index contributed by atoms with van der Waals surface area (Å²) in [4.78, 5) is 13.6. The van der Waals surface area contributed by atoms with Crippen LogP contribution in [0, 0.1) is 12.8 Å². The third-order valence-corrected chi connectivity index (χ3v) is 3.86. The fourth-order valence-corrected chi connectivity index (χ4v) is 2.77. The maximum Gasteiger partial charge on any atom is 0.223 e. The maximum absolute atomic E-state index is 11.7. The molecular formula is C11H16N2OS. The Morgan fingerprint density at radius 3 is 2.93 bits per heavy atom. The van der Waals surface area contributed by atoms with Gasteiger partial charge in [0.05, 0.1) is 0 Å². The van der Waals surface area contributed by atoms with E-state index >= 15 is 0 Å². The fraction of sp³-hybridized carbons (Fsp3) is 0.545. The maximum atomic E-state index is 11.7. The van der Waals surface area contributed by atoms with Crippen molar-refractivity contribution in [2.24, 2.45) is 11.7 Å². The highest BCUT2D eigenvalue weighted by Gasteiger charge is 2.28. The molecule has 0 saturated carbocycles. The van der Waals surface area contributed by atoms with Gasteiger partial charge in [-0.3, -0.25) is 4.79 Å². The van der Waals surface area contributed by atoms with E-state index in [4.69, 9.17) is 5.73 Å². The van der Waals surface area contributed by atoms with Gasteiger partial charge in [0.25, 0.3) is 0 Å². The zero-order valence-electron chi connectivity index (χ0n) is 8.90. The van der Waals surface area contributed by atoms with Gasteiger partial charge in [-0.15, -0.1) is 0 Å². The molecule has 1 unspecified atom stereocenters. The van der Waals surface area contributed by atoms with E-state index < -0.39 is 0 Å². The van der Waals surface area contributed by atoms with Gasteiger partial charge in [0.2, 0.25) is 5.91 Å². The van der Waals surface area contributed by atoms with Crippen molar-refractivity contribution in [1.29, 1.82) is 0 Å². The van der Waals surface area contributed by atoms with Crippen LogP contribution in [0.1, 0.15) is 17.5 Å². The molecule has 2 N–H and O–H groups in total. The van der Waals surface area contributed by atoms with Gasteiger partial charge >= 0.3 is 0 Å². The van der Waals surface area contributed by atoms with Crippen molar-refractivity contribution in [1.82, 2.24) is 4.90 Å². The van der Waals surface area contributed by atoms with Gasteiger partial charge in [0.15, 0.2) is 0 Å². The zero-order valence-corrected chi connectivity index (χ0v) is 9.72. The lowest BCUT2D eigenvalue weighted by Crippen LogP contribution is -2.25. The van der Waals surface area contributed by atoms with Crippen LogP contribution in [0.5, 0.6) is 0 Å². The number of amides is 1. The van der Waals surface area contributed by atoms with Crippen LogP contribution >= 0.6 is 11.3 Å². The third-order valence-electron chi connectivity index (χ3n) is 2.95. The van der Waals surface area contributed by atoms with Crippen molar-refractivity contribution in [3.63, 3.8) is 0 Å². The Morgan fingerprint density at radius 2 is 2.40 bits per heavy atom. The molecule has 3 nitrogen and oxygen atoms in total. The number of hydrogen-bond donors (Lipinski definition) is 1. The lowest BCUT2D eigenvalue weighted by molar-refractivity contribution is -0.128. The minimum atomic E-state index is 0.246. The average molecular weight is 224 g/mol. The molecule has 2 rings (SSSR count). The Kier molecular flexibility index (Phi) is 3.07. The van der Waals surface area contributed by atoms with Gasteiger partial charge in [0, 0.05) is 19.5 Å². The van der Waals surface area contributed by atoms with Crippen LogP contribution in [0.4, 0.5) is 0 Å². The molecule has 0 bridgehead atoms. The number of likely N-dealkylation sites (tertiary alicyclic amines) is 1. The summed E-state index contributed by atoms with van der Waals surface area (Å²) in [6.45, 7) is 4.28. The van der Waals surface area contributed by atoms with Crippen molar-refractivity contribution in [3.05, 3.63) is 21.9 Å². The Balaban J connectivity index is 2.01. The number of carbonyl (C=O) groups excluding carboxylic acids is 1. The topological polar surface area (TPSA) is 46.3 Å². The van der Waals surface area contributed by atoms with Crippen molar-refractivity contribution in [2.75, 3.05) is 13.1 Å². The molecule has 1 aromatic heterocycles. The average Bonchev–Trinajstić information content (AvgIpc) is 2.76. The van der Waals surface area contributed by atoms with Gasteiger partial charge < -0.3 is 10.6 Å². The molecule has 0 aromatic carbocycles. The Bertz CT molecular complexity index is 361. The number of nitrogens with two attached hydrogens (primary N) is 1. The lowest BCUT2D eigenvalue weighted by atomic mass is 10.1. The van der Waals surface area contributed by atoms with Crippen molar-refractivity contribution >= 4 is 17.2 Å². The standard InChI is InChI=1S/C11H16N2OS/c1-8-6-15-7-10(8)5-13-4-9(3-12)2-11(13)14/h6-7,9H,2-5,12H2,1H3. The van der Waals surface area contributed by atoms with E-state index in [0.717, 1.165) is 13.1 Å². The number of hydrogen-bond acceptors (Lipinski definition) is 3. The Labute approximate surface area is 93.9 Å². The van der Waals surface area contributed by atoms with Crippen LogP contribution in [0.2, 0.25) is 0 Å². The molecule has 1 aromatic rings. The highest BCUT2D eigenvalue weighted by atomic mass is 32.1. The van der Waals surface area contributed by atoms with E-state index in [1.54, 1.807) is 11.3 Å². The molecule has 82 valence electrons. The highest BCUT2D eigenvalue weighted by Crippen LogP contribution is 2.22. The fourth-order valence-electron chi connectivity index (χ4n) is 1.92. The van der Waals surface area contributed by atoms with Crippen molar-refractivity contribution in [2.45, 2.75) is 19.9 Å². The highest BCUT2D eigenvalue weighted by molar-refractivity contribution is 7.08. The number of carbonyl (C=O) groups is 1. The second kappa shape index (κ2) is 4.33. The molecule has 1 amide bonds. The summed E-state index contributed by atoms with van der Waals surface area (Å²) in [5.41, 5.74) is 8.14. The minimum Gasteiger partial charge on any atom is -0.338 e. The lowest BCUT2D eigenvalue weighted by Gasteiger charge is -2.16. The van der Waals surface area contributed by atoms with Gasteiger partial charge in [-0.05, 0) is 41.3 Å². The quantitative estimate of drug-likeness (QED) is 0.842. The molecule has 0 spiro atoms. The van der Waals surface area contributed by atoms with E-state index in [0.29, 0.717) is 18.9 Å². The second-order valence-electron chi connectivity index (χ2n) is 4.16. The first kappa shape index (κ1) is 10.6. The molecule has 2 heterocycles. The van der Waals surface area contributed by atoms with E-state index in [9.17, 15) is 4.79 Å². The summed E-state index contributed by atoms with van der Waals surface area (Å²) in [5, 5.41) is 4.24. The monoisotopic (exact) mass is 224 g/mol. The predicted molar refractivity (Wildman–Crippen MR) is 61.6 cm³/mol. The SMILES string of the molecule is Cc1cscc1CN1CC(CN)CC1=O. The number of thiophene rings is 1. The molecule has 1 aliphatic heterocycles. The Morgan fingerprint density at radius 1 is 1.60 bits per heavy atom. The van der Waals surface area contributed by atoms with Crippen LogP contribution < -0.4 is 5.73 Å². The third kappa shape index (κ3) is 2.21. The molecule has 1 saturated heterocycles. The van der Waals surface area contributed by atoms with E-state index in [1.807, 2.05) is 4.90 Å². The van der Waals surface area contributed by atoms with Crippen molar-refractivity contribution < 1.29 is 4.79 Å². The molecule has 0 aliphatic carbocycles. The van der Waals surface area contributed by atoms with E-state index in [-0.39, 0.29) is 5.91 Å². The van der Waals surface area contributed by atoms with Crippen LogP contribution in [0.3, 0.4) is 0 Å². The van der Waals surface area contributed by atoms with Crippen molar-refractivity contribution in [3.8, 4) is 0 Å². The van der Waals surface area contributed by atoms with Gasteiger partial charge in [0.1, 0.15) is 0 Å². The molecule has 0 radical (unpaired) electrons. The molecule has 1 atom stereocenters. The first-order valence-corrected chi connectivity index (χ1v) is 6.14. The van der Waals surface area contributed by atoms with E-state index in [1.165, 1.54) is 11.1 Å².